The number of rotatable bonds is 8. The molecule has 1 aromatic heterocycles. The van der Waals surface area contributed by atoms with Gasteiger partial charge >= 0.3 is 41.7 Å². The number of carbonyl (C=O) groups excluding carboxylic acids is 3. The summed E-state index contributed by atoms with van der Waals surface area (Å²) >= 11 is 1.10. The van der Waals surface area contributed by atoms with Crippen LogP contribution in [0.3, 0.4) is 0 Å². The van der Waals surface area contributed by atoms with Gasteiger partial charge < -0.3 is 25.9 Å². The molecule has 12 nitrogen and oxygen atoms in total. The number of hydrogen-bond donors (Lipinski definition) is 3. The standard InChI is InChI=1S/C25H27F3N6O6S.Na.H/c26-25(27,28)11-33-8-7-13(21(33)36)9-12-5-6-16-18(22(37)34(16)19(12)23(38)39)31-20(35)17(15-10-41-24(29)30-15)32-40-14-3-1-2-4-14;;/h9-10,14,16,18H,1-8,11H2,(H2,29,30)(H,31,35)(H,38,39);;/b13-9+,32-17-;;/t16-,18+;;/m1../s1. The number of fused-ring (bicyclic) bond motifs is 1. The molecule has 5 rings (SSSR count). The Kier molecular flexibility index (Phi) is 9.69. The number of thiazole rings is 1. The van der Waals surface area contributed by atoms with Gasteiger partial charge in [-0.25, -0.2) is 9.78 Å². The molecule has 222 valence electrons. The number of allylic oxidation sites excluding steroid dienone is 2. The van der Waals surface area contributed by atoms with E-state index < -0.39 is 48.5 Å². The molecule has 4 N–H and O–H groups in total. The fourth-order valence-electron chi connectivity index (χ4n) is 5.54. The first-order chi connectivity index (χ1) is 19.4. The second-order valence-electron chi connectivity index (χ2n) is 10.2. The summed E-state index contributed by atoms with van der Waals surface area (Å²) in [7, 11) is 0. The van der Waals surface area contributed by atoms with Crippen molar-refractivity contribution in [1.82, 2.24) is 20.1 Å². The molecule has 42 heavy (non-hydrogen) atoms. The fourth-order valence-corrected chi connectivity index (χ4v) is 6.09. The second-order valence-corrected chi connectivity index (χ2v) is 11.1. The number of nitrogens with one attached hydrogen (secondary N) is 1. The van der Waals surface area contributed by atoms with Gasteiger partial charge in [0.25, 0.3) is 11.8 Å². The number of β-lactam (4-membered cyclic amide) rings is 1. The number of carboxylic acid groups (broad SMARTS) is 1. The van der Waals surface area contributed by atoms with Crippen LogP contribution in [0.4, 0.5) is 18.3 Å². The molecule has 1 aliphatic carbocycles. The third-order valence-corrected chi connectivity index (χ3v) is 8.14. The summed E-state index contributed by atoms with van der Waals surface area (Å²) in [6.07, 6.45) is 0.537. The Morgan fingerprint density at radius 2 is 1.95 bits per heavy atom. The number of amides is 3. The van der Waals surface area contributed by atoms with Crippen molar-refractivity contribution in [2.24, 2.45) is 5.16 Å². The van der Waals surface area contributed by atoms with Crippen LogP contribution >= 0.6 is 11.3 Å². The van der Waals surface area contributed by atoms with Gasteiger partial charge in [0, 0.05) is 17.5 Å². The Morgan fingerprint density at radius 3 is 2.57 bits per heavy atom. The van der Waals surface area contributed by atoms with Gasteiger partial charge in [0.05, 0.1) is 6.04 Å². The number of nitrogens with two attached hydrogens (primary N) is 1. The van der Waals surface area contributed by atoms with Gasteiger partial charge in [0.1, 0.15) is 30.1 Å². The molecular weight excluding hydrogens is 592 g/mol. The molecular formula is C25H28F3N6NaO6S. The van der Waals surface area contributed by atoms with Crippen LogP contribution in [0, 0.1) is 0 Å². The van der Waals surface area contributed by atoms with Crippen LogP contribution in [0.2, 0.25) is 0 Å². The van der Waals surface area contributed by atoms with E-state index in [1.54, 1.807) is 0 Å². The van der Waals surface area contributed by atoms with Gasteiger partial charge in [0.15, 0.2) is 10.8 Å². The monoisotopic (exact) mass is 620 g/mol. The van der Waals surface area contributed by atoms with E-state index in [9.17, 15) is 37.5 Å². The summed E-state index contributed by atoms with van der Waals surface area (Å²) < 4.78 is 38.3. The van der Waals surface area contributed by atoms with Crippen LogP contribution in [-0.4, -0.2) is 116 Å². The molecule has 1 saturated carbocycles. The summed E-state index contributed by atoms with van der Waals surface area (Å²) in [6.45, 7) is -1.54. The quantitative estimate of drug-likeness (QED) is 0.129. The van der Waals surface area contributed by atoms with Crippen molar-refractivity contribution in [1.29, 1.82) is 0 Å². The van der Waals surface area contributed by atoms with Crippen molar-refractivity contribution < 1.29 is 42.3 Å². The van der Waals surface area contributed by atoms with Crippen molar-refractivity contribution in [3.05, 3.63) is 34.0 Å². The predicted octanol–water partition coefficient (Wildman–Crippen LogP) is 1.29. The molecule has 3 aliphatic heterocycles. The van der Waals surface area contributed by atoms with E-state index in [1.807, 2.05) is 0 Å². The number of carbonyl (C=O) groups is 4. The third kappa shape index (κ3) is 6.66. The molecule has 2 atom stereocenters. The molecule has 0 aromatic carbocycles. The van der Waals surface area contributed by atoms with E-state index in [4.69, 9.17) is 10.6 Å². The Morgan fingerprint density at radius 1 is 1.24 bits per heavy atom. The fraction of sp³-hybridized carbons (Fsp3) is 0.520. The van der Waals surface area contributed by atoms with E-state index >= 15 is 0 Å². The van der Waals surface area contributed by atoms with Crippen LogP contribution in [0.25, 0.3) is 0 Å². The van der Waals surface area contributed by atoms with Crippen LogP contribution < -0.4 is 11.1 Å². The van der Waals surface area contributed by atoms with Gasteiger partial charge in [-0.15, -0.1) is 11.3 Å². The summed E-state index contributed by atoms with van der Waals surface area (Å²) in [4.78, 5) is 62.4. The topological polar surface area (TPSA) is 168 Å². The van der Waals surface area contributed by atoms with E-state index in [0.29, 0.717) is 4.90 Å². The number of carboxylic acids is 1. The zero-order valence-electron chi connectivity index (χ0n) is 21.6. The first-order valence-electron chi connectivity index (χ1n) is 13.0. The first-order valence-corrected chi connectivity index (χ1v) is 13.9. The maximum atomic E-state index is 13.2. The van der Waals surface area contributed by atoms with Crippen LogP contribution in [0.5, 0.6) is 0 Å². The summed E-state index contributed by atoms with van der Waals surface area (Å²) in [5.41, 5.74) is 5.58. The van der Waals surface area contributed by atoms with Gasteiger partial charge in [-0.05, 0) is 56.6 Å². The number of aromatic nitrogens is 1. The van der Waals surface area contributed by atoms with Gasteiger partial charge in [-0.3, -0.25) is 19.3 Å². The van der Waals surface area contributed by atoms with Crippen LogP contribution in [-0.2, 0) is 24.0 Å². The first kappa shape index (κ1) is 32.0. The van der Waals surface area contributed by atoms with E-state index in [2.05, 4.69) is 15.5 Å². The Hall–Kier alpha value is -2.95. The second kappa shape index (κ2) is 12.7. The number of hydrogen-bond acceptors (Lipinski definition) is 9. The van der Waals surface area contributed by atoms with E-state index in [0.717, 1.165) is 41.9 Å². The molecule has 2 saturated heterocycles. The minimum atomic E-state index is -4.56. The van der Waals surface area contributed by atoms with Crippen molar-refractivity contribution >= 4 is 75.4 Å². The summed E-state index contributed by atoms with van der Waals surface area (Å²) in [5.74, 6) is -3.67. The van der Waals surface area contributed by atoms with Gasteiger partial charge in [0.2, 0.25) is 5.91 Å². The normalized spacial score (nSPS) is 24.1. The number of likely N-dealkylation sites (tertiary alicyclic amines) is 1. The zero-order valence-corrected chi connectivity index (χ0v) is 22.5. The summed E-state index contributed by atoms with van der Waals surface area (Å²) in [5, 5.41) is 18.3. The Labute approximate surface area is 264 Å². The van der Waals surface area contributed by atoms with E-state index in [1.165, 1.54) is 11.5 Å². The SMILES string of the molecule is Nc1nc(/C(=N/OC2CCCC2)C(=O)N[C@@H]2C(=O)N3C(C(=O)O)=C(/C=C4\CCN(CC(F)(F)F)C4=O)CC[C@H]23)cs1.[NaH]. The van der Waals surface area contributed by atoms with Crippen molar-refractivity contribution in [2.75, 3.05) is 18.8 Å². The Bertz CT molecular complexity index is 1370. The average Bonchev–Trinajstić information content (AvgIpc) is 3.65. The van der Waals surface area contributed by atoms with Crippen molar-refractivity contribution in [3.63, 3.8) is 0 Å². The Balaban J connectivity index is 0.00000405. The minimum absolute atomic E-state index is 0. The molecule has 0 radical (unpaired) electrons. The number of halogens is 3. The van der Waals surface area contributed by atoms with E-state index in [-0.39, 0.29) is 94.8 Å². The number of aliphatic carboxylic acids is 1. The molecule has 0 bridgehead atoms. The number of oxime groups is 1. The maximum absolute atomic E-state index is 13.2. The van der Waals surface area contributed by atoms with Crippen LogP contribution in [0.15, 0.2) is 33.5 Å². The van der Waals surface area contributed by atoms with Crippen LogP contribution in [0.1, 0.15) is 50.6 Å². The van der Waals surface area contributed by atoms with Crippen molar-refractivity contribution in [2.45, 2.75) is 69.3 Å². The predicted molar refractivity (Wildman–Crippen MR) is 145 cm³/mol. The third-order valence-electron chi connectivity index (χ3n) is 7.47. The number of alkyl halides is 3. The van der Waals surface area contributed by atoms with Gasteiger partial charge in [-0.2, -0.15) is 13.2 Å². The van der Waals surface area contributed by atoms with Crippen molar-refractivity contribution in [3.8, 4) is 0 Å². The molecule has 4 heterocycles. The summed E-state index contributed by atoms with van der Waals surface area (Å²) in [6, 6.07) is -1.73. The number of nitrogen functional groups attached to an aromatic ring is 1. The molecule has 0 spiro atoms. The molecule has 3 fully saturated rings. The number of anilines is 1. The molecule has 0 unspecified atom stereocenters. The zero-order chi connectivity index (χ0) is 29.5. The molecule has 4 aliphatic rings. The molecule has 3 amide bonds. The number of nitrogens with zero attached hydrogens (tertiary/aromatic N) is 4. The van der Waals surface area contributed by atoms with Gasteiger partial charge in [-0.1, -0.05) is 5.16 Å². The molecule has 1 aromatic rings. The average molecular weight is 621 g/mol. The molecule has 17 heteroatoms.